The number of hydrogen-bond acceptors (Lipinski definition) is 3. The smallest absolute Gasteiger partial charge is 0.0700 e. The van der Waals surface area contributed by atoms with E-state index in [1.807, 2.05) is 0 Å². The maximum Gasteiger partial charge on any atom is 0.0700 e. The Hall–Kier alpha value is -0.120. The SMILES string of the molecule is COC[C@@H](C)NC[C@@H]1CCCO1. The first-order valence-corrected chi connectivity index (χ1v) is 4.67. The highest BCUT2D eigenvalue weighted by Crippen LogP contribution is 2.10. The summed E-state index contributed by atoms with van der Waals surface area (Å²) < 4.78 is 10.5. The summed E-state index contributed by atoms with van der Waals surface area (Å²) in [5.41, 5.74) is 0. The molecule has 1 N–H and O–H groups in total. The Bertz CT molecular complexity index is 113. The fraction of sp³-hybridized carbons (Fsp3) is 1.00. The molecule has 0 unspecified atom stereocenters. The largest absolute Gasteiger partial charge is 0.383 e. The van der Waals surface area contributed by atoms with Gasteiger partial charge in [0.1, 0.15) is 0 Å². The molecule has 0 aliphatic carbocycles. The predicted octanol–water partition coefficient (Wildman–Crippen LogP) is 0.790. The standard InChI is InChI=1S/C9H19NO2/c1-8(7-11-2)10-6-9-4-3-5-12-9/h8-10H,3-7H2,1-2H3/t8-,9+/m1/s1. The summed E-state index contributed by atoms with van der Waals surface area (Å²) in [7, 11) is 1.73. The second kappa shape index (κ2) is 5.51. The van der Waals surface area contributed by atoms with E-state index in [9.17, 15) is 0 Å². The van der Waals surface area contributed by atoms with Crippen molar-refractivity contribution in [2.45, 2.75) is 31.9 Å². The molecule has 2 atom stereocenters. The maximum atomic E-state index is 5.48. The molecule has 3 nitrogen and oxygen atoms in total. The van der Waals surface area contributed by atoms with Crippen molar-refractivity contribution < 1.29 is 9.47 Å². The van der Waals surface area contributed by atoms with Gasteiger partial charge in [-0.05, 0) is 19.8 Å². The molecular weight excluding hydrogens is 154 g/mol. The molecule has 1 aliphatic heterocycles. The Morgan fingerprint density at radius 2 is 2.50 bits per heavy atom. The molecule has 1 rings (SSSR count). The lowest BCUT2D eigenvalue weighted by molar-refractivity contribution is 0.101. The number of rotatable bonds is 5. The topological polar surface area (TPSA) is 30.5 Å². The average Bonchev–Trinajstić information content (AvgIpc) is 2.53. The Labute approximate surface area is 74.4 Å². The molecule has 0 saturated carbocycles. The maximum absolute atomic E-state index is 5.48. The molecule has 12 heavy (non-hydrogen) atoms. The minimum absolute atomic E-state index is 0.430. The van der Waals surface area contributed by atoms with Crippen LogP contribution in [0.3, 0.4) is 0 Å². The first kappa shape index (κ1) is 9.96. The zero-order valence-electron chi connectivity index (χ0n) is 8.01. The number of ether oxygens (including phenoxy) is 2. The molecule has 0 bridgehead atoms. The first-order valence-electron chi connectivity index (χ1n) is 4.67. The fourth-order valence-electron chi connectivity index (χ4n) is 1.45. The second-order valence-electron chi connectivity index (χ2n) is 3.40. The number of methoxy groups -OCH3 is 1. The number of hydrogen-bond donors (Lipinski definition) is 1. The van der Waals surface area contributed by atoms with Gasteiger partial charge in [-0.1, -0.05) is 0 Å². The van der Waals surface area contributed by atoms with Gasteiger partial charge in [-0.3, -0.25) is 0 Å². The van der Waals surface area contributed by atoms with Gasteiger partial charge in [-0.25, -0.2) is 0 Å². The van der Waals surface area contributed by atoms with Crippen molar-refractivity contribution in [2.75, 3.05) is 26.9 Å². The predicted molar refractivity (Wildman–Crippen MR) is 48.3 cm³/mol. The molecule has 0 spiro atoms. The van der Waals surface area contributed by atoms with Crippen LogP contribution in [0.1, 0.15) is 19.8 Å². The number of nitrogens with one attached hydrogen (secondary N) is 1. The molecule has 3 heteroatoms. The van der Waals surface area contributed by atoms with Crippen molar-refractivity contribution in [3.8, 4) is 0 Å². The van der Waals surface area contributed by atoms with Gasteiger partial charge in [0.05, 0.1) is 12.7 Å². The summed E-state index contributed by atoms with van der Waals surface area (Å²) >= 11 is 0. The Balaban J connectivity index is 1.99. The van der Waals surface area contributed by atoms with E-state index in [1.54, 1.807) is 7.11 Å². The molecule has 0 aromatic rings. The quantitative estimate of drug-likeness (QED) is 0.666. The fourth-order valence-corrected chi connectivity index (χ4v) is 1.45. The first-order chi connectivity index (χ1) is 5.83. The summed E-state index contributed by atoms with van der Waals surface area (Å²) in [6, 6.07) is 0.430. The van der Waals surface area contributed by atoms with Crippen LogP contribution in [0.5, 0.6) is 0 Å². The van der Waals surface area contributed by atoms with E-state index in [0.717, 1.165) is 19.8 Å². The Kier molecular flexibility index (Phi) is 4.58. The molecule has 0 aromatic carbocycles. The van der Waals surface area contributed by atoms with Gasteiger partial charge in [0, 0.05) is 26.3 Å². The molecule has 0 radical (unpaired) electrons. The molecule has 72 valence electrons. The van der Waals surface area contributed by atoms with E-state index in [-0.39, 0.29) is 0 Å². The van der Waals surface area contributed by atoms with Crippen LogP contribution in [-0.2, 0) is 9.47 Å². The van der Waals surface area contributed by atoms with E-state index in [0.29, 0.717) is 12.1 Å². The lowest BCUT2D eigenvalue weighted by Crippen LogP contribution is -2.36. The van der Waals surface area contributed by atoms with Crippen molar-refractivity contribution in [3.63, 3.8) is 0 Å². The van der Waals surface area contributed by atoms with Crippen molar-refractivity contribution in [2.24, 2.45) is 0 Å². The molecular formula is C9H19NO2. The van der Waals surface area contributed by atoms with E-state index in [2.05, 4.69) is 12.2 Å². The lowest BCUT2D eigenvalue weighted by atomic mass is 10.2. The van der Waals surface area contributed by atoms with Crippen LogP contribution in [0.15, 0.2) is 0 Å². The molecule has 1 fully saturated rings. The monoisotopic (exact) mass is 173 g/mol. The van der Waals surface area contributed by atoms with Gasteiger partial charge in [0.2, 0.25) is 0 Å². The van der Waals surface area contributed by atoms with Crippen LogP contribution >= 0.6 is 0 Å². The van der Waals surface area contributed by atoms with Crippen molar-refractivity contribution in [1.82, 2.24) is 5.32 Å². The van der Waals surface area contributed by atoms with Crippen molar-refractivity contribution in [3.05, 3.63) is 0 Å². The van der Waals surface area contributed by atoms with E-state index in [4.69, 9.17) is 9.47 Å². The van der Waals surface area contributed by atoms with E-state index >= 15 is 0 Å². The highest BCUT2D eigenvalue weighted by Gasteiger charge is 2.15. The zero-order chi connectivity index (χ0) is 8.81. The summed E-state index contributed by atoms with van der Waals surface area (Å²) in [4.78, 5) is 0. The van der Waals surface area contributed by atoms with Crippen LogP contribution in [0.4, 0.5) is 0 Å². The van der Waals surface area contributed by atoms with Crippen molar-refractivity contribution >= 4 is 0 Å². The van der Waals surface area contributed by atoms with Crippen molar-refractivity contribution in [1.29, 1.82) is 0 Å². The van der Waals surface area contributed by atoms with Crippen LogP contribution in [-0.4, -0.2) is 39.0 Å². The Morgan fingerprint density at radius 1 is 1.67 bits per heavy atom. The lowest BCUT2D eigenvalue weighted by Gasteiger charge is -2.15. The highest BCUT2D eigenvalue weighted by atomic mass is 16.5. The van der Waals surface area contributed by atoms with Gasteiger partial charge in [-0.2, -0.15) is 0 Å². The third-order valence-corrected chi connectivity index (χ3v) is 2.13. The van der Waals surface area contributed by atoms with Gasteiger partial charge in [-0.15, -0.1) is 0 Å². The van der Waals surface area contributed by atoms with Gasteiger partial charge in [0.25, 0.3) is 0 Å². The van der Waals surface area contributed by atoms with Gasteiger partial charge >= 0.3 is 0 Å². The van der Waals surface area contributed by atoms with Gasteiger partial charge in [0.15, 0.2) is 0 Å². The summed E-state index contributed by atoms with van der Waals surface area (Å²) in [5, 5.41) is 3.38. The Morgan fingerprint density at radius 3 is 3.08 bits per heavy atom. The average molecular weight is 173 g/mol. The molecule has 1 aliphatic rings. The highest BCUT2D eigenvalue weighted by molar-refractivity contribution is 4.69. The third kappa shape index (κ3) is 3.52. The minimum Gasteiger partial charge on any atom is -0.383 e. The molecule has 1 saturated heterocycles. The van der Waals surface area contributed by atoms with Gasteiger partial charge < -0.3 is 14.8 Å². The summed E-state index contributed by atoms with van der Waals surface area (Å²) in [6.07, 6.45) is 2.85. The minimum atomic E-state index is 0.430. The summed E-state index contributed by atoms with van der Waals surface area (Å²) in [5.74, 6) is 0. The van der Waals surface area contributed by atoms with Crippen LogP contribution < -0.4 is 5.32 Å². The van der Waals surface area contributed by atoms with Crippen LogP contribution in [0, 0.1) is 0 Å². The normalized spacial score (nSPS) is 26.0. The zero-order valence-corrected chi connectivity index (χ0v) is 8.01. The molecule has 1 heterocycles. The van der Waals surface area contributed by atoms with Crippen LogP contribution in [0.2, 0.25) is 0 Å². The third-order valence-electron chi connectivity index (χ3n) is 2.13. The molecule has 0 aromatic heterocycles. The molecule has 0 amide bonds. The second-order valence-corrected chi connectivity index (χ2v) is 3.40. The summed E-state index contributed by atoms with van der Waals surface area (Å²) in [6.45, 7) is 4.79. The van der Waals surface area contributed by atoms with E-state index in [1.165, 1.54) is 12.8 Å². The van der Waals surface area contributed by atoms with E-state index < -0.39 is 0 Å². The van der Waals surface area contributed by atoms with Crippen LogP contribution in [0.25, 0.3) is 0 Å².